The molecule has 98 valence electrons. The Morgan fingerprint density at radius 1 is 0.765 bits per heavy atom. The maximum atomic E-state index is 2.70. The zero-order chi connectivity index (χ0) is 12.1. The van der Waals surface area contributed by atoms with Crippen molar-refractivity contribution in [3.8, 4) is 0 Å². The fraction of sp³-hybridized carbons (Fsp3) is 0.875. The zero-order valence-electron chi connectivity index (χ0n) is 11.8. The van der Waals surface area contributed by atoms with Crippen molar-refractivity contribution in [2.75, 3.05) is 13.3 Å². The highest BCUT2D eigenvalue weighted by molar-refractivity contribution is 7.59. The molecule has 2 rings (SSSR count). The van der Waals surface area contributed by atoms with Gasteiger partial charge in [0.05, 0.1) is 0 Å². The average molecular weight is 252 g/mol. The molecule has 0 spiro atoms. The number of hydrogen-bond donors (Lipinski definition) is 0. The summed E-state index contributed by atoms with van der Waals surface area (Å²) in [6, 6.07) is 0. The lowest BCUT2D eigenvalue weighted by Crippen LogP contribution is -2.18. The summed E-state index contributed by atoms with van der Waals surface area (Å²) in [6.45, 7) is 4.84. The van der Waals surface area contributed by atoms with Crippen LogP contribution in [0.1, 0.15) is 64.2 Å². The summed E-state index contributed by atoms with van der Waals surface area (Å²) in [5.41, 5.74) is 1.90. The van der Waals surface area contributed by atoms with Crippen LogP contribution < -0.4 is 0 Å². The summed E-state index contributed by atoms with van der Waals surface area (Å²) in [5, 5.41) is 0. The summed E-state index contributed by atoms with van der Waals surface area (Å²) < 4.78 is 0. The van der Waals surface area contributed by atoms with Crippen molar-refractivity contribution < 1.29 is 0 Å². The van der Waals surface area contributed by atoms with Crippen molar-refractivity contribution >= 4 is 7.92 Å². The van der Waals surface area contributed by atoms with Crippen LogP contribution in [0.25, 0.3) is 0 Å². The average Bonchev–Trinajstić information content (AvgIpc) is 2.38. The van der Waals surface area contributed by atoms with E-state index in [1.54, 1.807) is 0 Å². The second-order valence-corrected chi connectivity index (χ2v) is 8.45. The zero-order valence-corrected chi connectivity index (χ0v) is 12.6. The van der Waals surface area contributed by atoms with E-state index in [-0.39, 0.29) is 7.92 Å². The molecule has 2 aliphatic rings. The van der Waals surface area contributed by atoms with Gasteiger partial charge in [0.1, 0.15) is 0 Å². The molecule has 0 heterocycles. The number of rotatable bonds is 3. The predicted octanol–water partition coefficient (Wildman–Crippen LogP) is 5.77. The Bertz CT molecular complexity index is 222. The van der Waals surface area contributed by atoms with Gasteiger partial charge >= 0.3 is 0 Å². The van der Waals surface area contributed by atoms with Gasteiger partial charge in [-0.1, -0.05) is 57.8 Å². The molecule has 0 bridgehead atoms. The predicted molar refractivity (Wildman–Crippen MR) is 80.0 cm³/mol. The molecular formula is C16H29P. The first-order chi connectivity index (χ1) is 8.27. The van der Waals surface area contributed by atoms with Crippen molar-refractivity contribution in [1.29, 1.82) is 0 Å². The van der Waals surface area contributed by atoms with Crippen LogP contribution in [-0.2, 0) is 0 Å². The van der Waals surface area contributed by atoms with E-state index in [4.69, 9.17) is 0 Å². The van der Waals surface area contributed by atoms with Crippen molar-refractivity contribution in [3.63, 3.8) is 0 Å². The maximum absolute atomic E-state index is 2.70. The molecule has 2 saturated carbocycles. The number of hydrogen-bond acceptors (Lipinski definition) is 0. The lowest BCUT2D eigenvalue weighted by Gasteiger charge is -2.33. The van der Waals surface area contributed by atoms with Crippen LogP contribution in [0.5, 0.6) is 0 Å². The van der Waals surface area contributed by atoms with Crippen LogP contribution in [0, 0.1) is 11.8 Å². The fourth-order valence-electron chi connectivity index (χ4n) is 3.71. The normalized spacial score (nSPS) is 23.9. The molecule has 0 aromatic heterocycles. The van der Waals surface area contributed by atoms with Gasteiger partial charge < -0.3 is 0 Å². The van der Waals surface area contributed by atoms with Crippen molar-refractivity contribution in [3.05, 3.63) is 11.4 Å². The molecule has 0 atom stereocenters. The molecule has 17 heavy (non-hydrogen) atoms. The second-order valence-electron chi connectivity index (χ2n) is 6.26. The number of allylic oxidation sites excluding steroid dienone is 1. The van der Waals surface area contributed by atoms with Crippen LogP contribution in [-0.4, -0.2) is 13.3 Å². The van der Waals surface area contributed by atoms with Crippen molar-refractivity contribution in [2.24, 2.45) is 11.8 Å². The monoisotopic (exact) mass is 252 g/mol. The van der Waals surface area contributed by atoms with Gasteiger partial charge in [0.25, 0.3) is 0 Å². The molecule has 0 aliphatic heterocycles. The Labute approximate surface area is 109 Å². The highest BCUT2D eigenvalue weighted by Crippen LogP contribution is 2.43. The summed E-state index contributed by atoms with van der Waals surface area (Å²) in [4.78, 5) is 0. The molecular weight excluding hydrogens is 223 g/mol. The van der Waals surface area contributed by atoms with E-state index in [2.05, 4.69) is 19.1 Å². The first-order valence-electron chi connectivity index (χ1n) is 7.65. The van der Waals surface area contributed by atoms with E-state index in [1.807, 2.05) is 5.57 Å². The van der Waals surface area contributed by atoms with Gasteiger partial charge in [-0.3, -0.25) is 0 Å². The Morgan fingerprint density at radius 2 is 1.18 bits per heavy atom. The van der Waals surface area contributed by atoms with E-state index >= 15 is 0 Å². The summed E-state index contributed by atoms with van der Waals surface area (Å²) in [6.07, 6.45) is 14.9. The fourth-order valence-corrected chi connectivity index (χ4v) is 4.73. The van der Waals surface area contributed by atoms with Crippen molar-refractivity contribution in [1.82, 2.24) is 0 Å². The van der Waals surface area contributed by atoms with Gasteiger partial charge in [-0.25, -0.2) is 0 Å². The first-order valence-corrected chi connectivity index (χ1v) is 9.96. The molecule has 0 radical (unpaired) electrons. The minimum Gasteiger partial charge on any atom is -0.0897 e. The standard InChI is InChI=1S/C16H29P/c1-17(2)13-16(14-9-5-3-6-10-14)15-11-7-4-8-12-15/h13-15H,3-12H2,1-2H3. The minimum absolute atomic E-state index is 0.149. The minimum atomic E-state index is 0.149. The third-order valence-electron chi connectivity index (χ3n) is 4.56. The van der Waals surface area contributed by atoms with Gasteiger partial charge in [-0.15, -0.1) is 0 Å². The second kappa shape index (κ2) is 6.93. The van der Waals surface area contributed by atoms with E-state index in [1.165, 1.54) is 64.2 Å². The summed E-state index contributed by atoms with van der Waals surface area (Å²) in [7, 11) is 0.149. The van der Waals surface area contributed by atoms with Crippen LogP contribution in [0.4, 0.5) is 0 Å². The molecule has 2 aliphatic carbocycles. The quantitative estimate of drug-likeness (QED) is 0.559. The molecule has 0 N–H and O–H groups in total. The lowest BCUT2D eigenvalue weighted by atomic mass is 9.74. The molecule has 2 fully saturated rings. The van der Waals surface area contributed by atoms with Gasteiger partial charge in [0.2, 0.25) is 0 Å². The van der Waals surface area contributed by atoms with Crippen LogP contribution in [0.15, 0.2) is 11.4 Å². The maximum Gasteiger partial charge on any atom is -0.0197 e. The Kier molecular flexibility index (Phi) is 5.54. The van der Waals surface area contributed by atoms with E-state index in [0.29, 0.717) is 0 Å². The van der Waals surface area contributed by atoms with Gasteiger partial charge in [0.15, 0.2) is 0 Å². The largest absolute Gasteiger partial charge is 0.0897 e. The Morgan fingerprint density at radius 3 is 1.53 bits per heavy atom. The molecule has 0 unspecified atom stereocenters. The van der Waals surface area contributed by atoms with Gasteiger partial charge in [-0.2, -0.15) is 0 Å². The summed E-state index contributed by atoms with van der Waals surface area (Å²) >= 11 is 0. The highest BCUT2D eigenvalue weighted by Gasteiger charge is 2.25. The highest BCUT2D eigenvalue weighted by atomic mass is 31.1. The molecule has 0 nitrogen and oxygen atoms in total. The van der Waals surface area contributed by atoms with Gasteiger partial charge in [-0.05, 0) is 50.8 Å². The van der Waals surface area contributed by atoms with E-state index in [9.17, 15) is 0 Å². The van der Waals surface area contributed by atoms with Crippen molar-refractivity contribution in [2.45, 2.75) is 64.2 Å². The SMILES string of the molecule is CP(C)C=C(C1CCCCC1)C1CCCCC1. The Hall–Kier alpha value is 0.170. The third-order valence-corrected chi connectivity index (χ3v) is 5.37. The van der Waals surface area contributed by atoms with Crippen LogP contribution in [0.2, 0.25) is 0 Å². The molecule has 0 aromatic rings. The first kappa shape index (κ1) is 13.6. The molecule has 0 aromatic carbocycles. The van der Waals surface area contributed by atoms with E-state index in [0.717, 1.165) is 11.8 Å². The molecule has 1 heteroatoms. The van der Waals surface area contributed by atoms with Gasteiger partial charge in [0, 0.05) is 0 Å². The Balaban J connectivity index is 2.05. The molecule has 0 saturated heterocycles. The topological polar surface area (TPSA) is 0 Å². The van der Waals surface area contributed by atoms with Crippen LogP contribution in [0.3, 0.4) is 0 Å². The van der Waals surface area contributed by atoms with E-state index < -0.39 is 0 Å². The third kappa shape index (κ3) is 4.09. The van der Waals surface area contributed by atoms with Crippen LogP contribution >= 0.6 is 7.92 Å². The smallest absolute Gasteiger partial charge is 0.0197 e. The summed E-state index contributed by atoms with van der Waals surface area (Å²) in [5.74, 6) is 4.63. The molecule has 0 amide bonds. The lowest BCUT2D eigenvalue weighted by molar-refractivity contribution is 0.327.